The van der Waals surface area contributed by atoms with E-state index in [-0.39, 0.29) is 0 Å². The summed E-state index contributed by atoms with van der Waals surface area (Å²) in [6, 6.07) is 0.518. The topological polar surface area (TPSA) is 12.0 Å². The van der Waals surface area contributed by atoms with Crippen molar-refractivity contribution in [3.05, 3.63) is 11.6 Å². The van der Waals surface area contributed by atoms with Gasteiger partial charge in [0.25, 0.3) is 0 Å². The van der Waals surface area contributed by atoms with Gasteiger partial charge in [0.05, 0.1) is 0 Å². The van der Waals surface area contributed by atoms with Gasteiger partial charge in [-0.1, -0.05) is 31.9 Å². The molecule has 0 saturated heterocycles. The molecule has 0 aromatic carbocycles. The van der Waals surface area contributed by atoms with Gasteiger partial charge in [-0.2, -0.15) is 0 Å². The summed E-state index contributed by atoms with van der Waals surface area (Å²) in [6.07, 6.45) is 3.52. The largest absolute Gasteiger partial charge is 0.311 e. The number of hydrogen-bond acceptors (Lipinski definition) is 1. The monoisotopic (exact) mass is 169 g/mol. The van der Waals surface area contributed by atoms with Gasteiger partial charge >= 0.3 is 0 Å². The van der Waals surface area contributed by atoms with Gasteiger partial charge in [0, 0.05) is 6.04 Å². The summed E-state index contributed by atoms with van der Waals surface area (Å²) in [4.78, 5) is 0. The van der Waals surface area contributed by atoms with E-state index in [1.165, 1.54) is 12.0 Å². The van der Waals surface area contributed by atoms with Crippen LogP contribution in [0, 0.1) is 5.92 Å². The molecule has 0 spiro atoms. The highest BCUT2D eigenvalue weighted by Crippen LogP contribution is 1.99. The predicted molar refractivity (Wildman–Crippen MR) is 56.4 cm³/mol. The second-order valence-corrected chi connectivity index (χ2v) is 3.95. The van der Waals surface area contributed by atoms with Crippen LogP contribution in [0.4, 0.5) is 0 Å². The Morgan fingerprint density at radius 1 is 1.33 bits per heavy atom. The van der Waals surface area contributed by atoms with Crippen LogP contribution in [0.1, 0.15) is 41.0 Å². The van der Waals surface area contributed by atoms with Gasteiger partial charge in [0.15, 0.2) is 0 Å². The predicted octanol–water partition coefficient (Wildman–Crippen LogP) is 2.98. The smallest absolute Gasteiger partial charge is 0.0224 e. The zero-order chi connectivity index (χ0) is 9.56. The van der Waals surface area contributed by atoms with E-state index < -0.39 is 0 Å². The van der Waals surface area contributed by atoms with Crippen molar-refractivity contribution < 1.29 is 0 Å². The van der Waals surface area contributed by atoms with Gasteiger partial charge in [-0.25, -0.2) is 0 Å². The molecule has 12 heavy (non-hydrogen) atoms. The second-order valence-electron chi connectivity index (χ2n) is 3.95. The number of nitrogens with one attached hydrogen (secondary N) is 1. The molecule has 2 atom stereocenters. The van der Waals surface area contributed by atoms with E-state index in [2.05, 4.69) is 46.0 Å². The van der Waals surface area contributed by atoms with E-state index in [0.29, 0.717) is 6.04 Å². The molecule has 0 aliphatic heterocycles. The Bertz CT molecular complexity index is 134. The lowest BCUT2D eigenvalue weighted by molar-refractivity contribution is 0.482. The average molecular weight is 169 g/mol. The van der Waals surface area contributed by atoms with Crippen LogP contribution in [-0.2, 0) is 0 Å². The maximum Gasteiger partial charge on any atom is 0.0224 e. The molecule has 1 N–H and O–H groups in total. The average Bonchev–Trinajstić information content (AvgIpc) is 1.99. The summed E-state index contributed by atoms with van der Waals surface area (Å²) in [5, 5.41) is 3.49. The van der Waals surface area contributed by atoms with E-state index in [0.717, 1.165) is 12.5 Å². The third-order valence-electron chi connectivity index (χ3n) is 2.07. The first kappa shape index (κ1) is 11.7. The van der Waals surface area contributed by atoms with Crippen molar-refractivity contribution in [3.8, 4) is 0 Å². The molecule has 1 heteroatoms. The van der Waals surface area contributed by atoms with Crippen LogP contribution >= 0.6 is 0 Å². The van der Waals surface area contributed by atoms with Crippen molar-refractivity contribution >= 4 is 0 Å². The molecule has 0 amide bonds. The molecule has 0 heterocycles. The fraction of sp³-hybridized carbons (Fsp3) is 0.818. The summed E-state index contributed by atoms with van der Waals surface area (Å²) < 4.78 is 0. The molecule has 0 aromatic rings. The van der Waals surface area contributed by atoms with Gasteiger partial charge in [0.1, 0.15) is 0 Å². The normalized spacial score (nSPS) is 15.4. The Labute approximate surface area is 77.2 Å². The lowest BCUT2D eigenvalue weighted by Gasteiger charge is -2.14. The summed E-state index contributed by atoms with van der Waals surface area (Å²) in [6.45, 7) is 12.1. The Balaban J connectivity index is 3.57. The first-order valence-corrected chi connectivity index (χ1v) is 4.94. The van der Waals surface area contributed by atoms with Gasteiger partial charge in [0.2, 0.25) is 0 Å². The minimum Gasteiger partial charge on any atom is -0.311 e. The van der Waals surface area contributed by atoms with E-state index in [1.807, 2.05) is 0 Å². The SMILES string of the molecule is CCC(C)CNC(C)C=C(C)C. The van der Waals surface area contributed by atoms with Crippen molar-refractivity contribution in [1.29, 1.82) is 0 Å². The van der Waals surface area contributed by atoms with Crippen LogP contribution < -0.4 is 5.32 Å². The minimum atomic E-state index is 0.518. The van der Waals surface area contributed by atoms with Crippen molar-refractivity contribution in [2.24, 2.45) is 5.92 Å². The van der Waals surface area contributed by atoms with Crippen molar-refractivity contribution in [3.63, 3.8) is 0 Å². The molecule has 0 radical (unpaired) electrons. The Hall–Kier alpha value is -0.300. The molecule has 0 aromatic heterocycles. The first-order chi connectivity index (χ1) is 5.56. The minimum absolute atomic E-state index is 0.518. The molecule has 0 rings (SSSR count). The fourth-order valence-corrected chi connectivity index (χ4v) is 1.09. The first-order valence-electron chi connectivity index (χ1n) is 4.94. The van der Waals surface area contributed by atoms with Crippen molar-refractivity contribution in [2.45, 2.75) is 47.1 Å². The number of rotatable bonds is 5. The maximum atomic E-state index is 3.49. The third kappa shape index (κ3) is 6.41. The number of hydrogen-bond donors (Lipinski definition) is 1. The second kappa shape index (κ2) is 6.24. The van der Waals surface area contributed by atoms with Gasteiger partial charge < -0.3 is 5.32 Å². The third-order valence-corrected chi connectivity index (χ3v) is 2.07. The van der Waals surface area contributed by atoms with Gasteiger partial charge in [-0.15, -0.1) is 0 Å². The Morgan fingerprint density at radius 2 is 1.92 bits per heavy atom. The van der Waals surface area contributed by atoms with E-state index in [1.54, 1.807) is 0 Å². The molecule has 0 aliphatic carbocycles. The van der Waals surface area contributed by atoms with E-state index in [4.69, 9.17) is 0 Å². The zero-order valence-corrected chi connectivity index (χ0v) is 9.15. The van der Waals surface area contributed by atoms with Gasteiger partial charge in [-0.05, 0) is 33.2 Å². The van der Waals surface area contributed by atoms with Crippen molar-refractivity contribution in [2.75, 3.05) is 6.54 Å². The van der Waals surface area contributed by atoms with Crippen molar-refractivity contribution in [1.82, 2.24) is 5.32 Å². The summed E-state index contributed by atoms with van der Waals surface area (Å²) >= 11 is 0. The number of allylic oxidation sites excluding steroid dienone is 1. The molecular formula is C11H23N. The molecular weight excluding hydrogens is 146 g/mol. The zero-order valence-electron chi connectivity index (χ0n) is 9.15. The van der Waals surface area contributed by atoms with Crippen LogP contribution in [0.25, 0.3) is 0 Å². The standard InChI is InChI=1S/C11H23N/c1-6-10(4)8-12-11(5)7-9(2)3/h7,10-12H,6,8H2,1-5H3. The van der Waals surface area contributed by atoms with Crippen LogP contribution in [0.15, 0.2) is 11.6 Å². The van der Waals surface area contributed by atoms with Crippen LogP contribution in [0.3, 0.4) is 0 Å². The molecule has 0 fully saturated rings. The van der Waals surface area contributed by atoms with E-state index in [9.17, 15) is 0 Å². The fourth-order valence-electron chi connectivity index (χ4n) is 1.09. The summed E-state index contributed by atoms with van der Waals surface area (Å²) in [7, 11) is 0. The van der Waals surface area contributed by atoms with Gasteiger partial charge in [-0.3, -0.25) is 0 Å². The molecule has 1 nitrogen and oxygen atoms in total. The highest BCUT2D eigenvalue weighted by atomic mass is 14.9. The quantitative estimate of drug-likeness (QED) is 0.624. The maximum absolute atomic E-state index is 3.49. The molecule has 72 valence electrons. The Kier molecular flexibility index (Phi) is 6.09. The molecule has 0 saturated carbocycles. The van der Waals surface area contributed by atoms with E-state index >= 15 is 0 Å². The molecule has 0 aliphatic rings. The molecule has 0 bridgehead atoms. The van der Waals surface area contributed by atoms with Crippen LogP contribution in [0.5, 0.6) is 0 Å². The van der Waals surface area contributed by atoms with Crippen LogP contribution in [-0.4, -0.2) is 12.6 Å². The summed E-state index contributed by atoms with van der Waals surface area (Å²) in [5.74, 6) is 0.790. The lowest BCUT2D eigenvalue weighted by Crippen LogP contribution is -2.28. The lowest BCUT2D eigenvalue weighted by atomic mass is 10.1. The highest BCUT2D eigenvalue weighted by Gasteiger charge is 2.00. The summed E-state index contributed by atoms with van der Waals surface area (Å²) in [5.41, 5.74) is 1.39. The highest BCUT2D eigenvalue weighted by molar-refractivity contribution is 4.99. The molecule has 2 unspecified atom stereocenters. The van der Waals surface area contributed by atoms with Crippen LogP contribution in [0.2, 0.25) is 0 Å². The Morgan fingerprint density at radius 3 is 2.33 bits per heavy atom.